The molecule has 1 N–H and O–H groups in total. The normalized spacial score (nSPS) is 10.7. The fraction of sp³-hybridized carbons (Fsp3) is 0.118. The summed E-state index contributed by atoms with van der Waals surface area (Å²) in [5.41, 5.74) is 3.08. The number of aromatic nitrogens is 2. The molecule has 0 saturated heterocycles. The summed E-state index contributed by atoms with van der Waals surface area (Å²) in [4.78, 5) is 12.3. The van der Waals surface area contributed by atoms with Crippen LogP contribution in [0, 0.1) is 13.8 Å². The van der Waals surface area contributed by atoms with Crippen LogP contribution >= 0.6 is 23.2 Å². The molecule has 0 fully saturated rings. The first-order chi connectivity index (χ1) is 11.4. The van der Waals surface area contributed by atoms with E-state index in [4.69, 9.17) is 27.6 Å². The average molecular weight is 362 g/mol. The molecule has 0 aliphatic rings. The van der Waals surface area contributed by atoms with E-state index in [0.29, 0.717) is 21.2 Å². The van der Waals surface area contributed by atoms with Gasteiger partial charge < -0.3 is 4.42 Å². The van der Waals surface area contributed by atoms with Crippen molar-refractivity contribution in [2.45, 2.75) is 13.8 Å². The van der Waals surface area contributed by atoms with Crippen LogP contribution in [-0.2, 0) is 0 Å². The molecule has 7 heteroatoms. The van der Waals surface area contributed by atoms with Crippen molar-refractivity contribution >= 4 is 35.1 Å². The molecule has 5 nitrogen and oxygen atoms in total. The molecular formula is C17H13Cl2N3O2. The molecule has 2 aromatic carbocycles. The number of hydrogen-bond donors (Lipinski definition) is 1. The van der Waals surface area contributed by atoms with Crippen LogP contribution in [-0.4, -0.2) is 16.1 Å². The van der Waals surface area contributed by atoms with Gasteiger partial charge in [0.1, 0.15) is 0 Å². The maximum Gasteiger partial charge on any atom is 0.322 e. The number of rotatable bonds is 3. The van der Waals surface area contributed by atoms with Gasteiger partial charge in [-0.05, 0) is 43.7 Å². The van der Waals surface area contributed by atoms with Gasteiger partial charge in [-0.15, -0.1) is 5.10 Å². The zero-order chi connectivity index (χ0) is 17.3. The number of carbonyl (C=O) groups excluding carboxylic acids is 1. The molecule has 0 aliphatic heterocycles. The van der Waals surface area contributed by atoms with Crippen LogP contribution in [0.5, 0.6) is 0 Å². The lowest BCUT2D eigenvalue weighted by molar-refractivity contribution is 0.102. The predicted octanol–water partition coefficient (Wildman–Crippen LogP) is 4.91. The average Bonchev–Trinajstić information content (AvgIpc) is 2.94. The number of benzene rings is 2. The summed E-state index contributed by atoms with van der Waals surface area (Å²) >= 11 is 11.9. The van der Waals surface area contributed by atoms with E-state index >= 15 is 0 Å². The van der Waals surface area contributed by atoms with Crippen LogP contribution in [0.2, 0.25) is 10.0 Å². The predicted molar refractivity (Wildman–Crippen MR) is 93.6 cm³/mol. The molecule has 0 spiro atoms. The van der Waals surface area contributed by atoms with E-state index in [1.807, 2.05) is 26.0 Å². The summed E-state index contributed by atoms with van der Waals surface area (Å²) in [5.74, 6) is -0.0952. The van der Waals surface area contributed by atoms with Gasteiger partial charge in [0.2, 0.25) is 5.89 Å². The van der Waals surface area contributed by atoms with Crippen molar-refractivity contribution < 1.29 is 9.21 Å². The largest absolute Gasteiger partial charge is 0.403 e. The summed E-state index contributed by atoms with van der Waals surface area (Å²) < 4.78 is 5.46. The van der Waals surface area contributed by atoms with Crippen molar-refractivity contribution in [3.63, 3.8) is 0 Å². The van der Waals surface area contributed by atoms with Gasteiger partial charge in [0.25, 0.3) is 5.91 Å². The topological polar surface area (TPSA) is 68.0 Å². The number of nitrogens with zero attached hydrogens (tertiary/aromatic N) is 2. The van der Waals surface area contributed by atoms with Gasteiger partial charge in [-0.1, -0.05) is 46.0 Å². The van der Waals surface area contributed by atoms with Crippen molar-refractivity contribution in [1.82, 2.24) is 10.2 Å². The highest BCUT2D eigenvalue weighted by Crippen LogP contribution is 2.27. The second-order valence-corrected chi connectivity index (χ2v) is 6.22. The summed E-state index contributed by atoms with van der Waals surface area (Å²) in [5, 5.41) is 11.2. The second-order valence-electron chi connectivity index (χ2n) is 5.34. The van der Waals surface area contributed by atoms with E-state index in [1.54, 1.807) is 24.3 Å². The van der Waals surface area contributed by atoms with Crippen LogP contribution in [0.4, 0.5) is 6.01 Å². The van der Waals surface area contributed by atoms with Crippen molar-refractivity contribution in [2.75, 3.05) is 5.32 Å². The van der Waals surface area contributed by atoms with Crippen molar-refractivity contribution in [3.8, 4) is 11.5 Å². The fourth-order valence-electron chi connectivity index (χ4n) is 2.30. The standard InChI is InChI=1S/C17H13Cl2N3O2/c1-9-3-4-14(10(2)5-9)15(23)20-17-22-21-16(24-17)11-6-12(18)8-13(19)7-11/h3-8H,1-2H3,(H,20,22,23). The molecule has 3 aromatic rings. The minimum absolute atomic E-state index is 0.00562. The Kier molecular flexibility index (Phi) is 4.55. The number of amides is 1. The first-order valence-electron chi connectivity index (χ1n) is 7.11. The molecule has 1 aromatic heterocycles. The molecule has 1 heterocycles. The number of anilines is 1. The first-order valence-corrected chi connectivity index (χ1v) is 7.86. The summed E-state index contributed by atoms with van der Waals surface area (Å²) in [6.45, 7) is 3.84. The SMILES string of the molecule is Cc1ccc(C(=O)Nc2nnc(-c3cc(Cl)cc(Cl)c3)o2)c(C)c1. The van der Waals surface area contributed by atoms with E-state index in [9.17, 15) is 4.79 Å². The number of halogens is 2. The lowest BCUT2D eigenvalue weighted by Gasteiger charge is -2.05. The molecule has 24 heavy (non-hydrogen) atoms. The van der Waals surface area contributed by atoms with Gasteiger partial charge in [0, 0.05) is 21.2 Å². The number of hydrogen-bond acceptors (Lipinski definition) is 4. The van der Waals surface area contributed by atoms with Crippen LogP contribution in [0.3, 0.4) is 0 Å². The number of aryl methyl sites for hydroxylation is 2. The molecule has 0 aliphatic carbocycles. The summed E-state index contributed by atoms with van der Waals surface area (Å²) in [6, 6.07) is 10.5. The fourth-order valence-corrected chi connectivity index (χ4v) is 2.83. The Morgan fingerprint density at radius 3 is 2.42 bits per heavy atom. The Labute approximate surface area is 148 Å². The third-order valence-corrected chi connectivity index (χ3v) is 3.82. The zero-order valence-electron chi connectivity index (χ0n) is 12.9. The van der Waals surface area contributed by atoms with Gasteiger partial charge in [0.05, 0.1) is 0 Å². The quantitative estimate of drug-likeness (QED) is 0.719. The highest BCUT2D eigenvalue weighted by atomic mass is 35.5. The molecule has 0 atom stereocenters. The van der Waals surface area contributed by atoms with Crippen LogP contribution in [0.25, 0.3) is 11.5 Å². The Bertz CT molecular complexity index is 902. The minimum atomic E-state index is -0.313. The van der Waals surface area contributed by atoms with Crippen molar-refractivity contribution in [2.24, 2.45) is 0 Å². The molecule has 0 radical (unpaired) electrons. The van der Waals surface area contributed by atoms with Crippen molar-refractivity contribution in [1.29, 1.82) is 0 Å². The summed E-state index contributed by atoms with van der Waals surface area (Å²) in [7, 11) is 0. The maximum absolute atomic E-state index is 12.3. The smallest absolute Gasteiger partial charge is 0.322 e. The van der Waals surface area contributed by atoms with Crippen LogP contribution in [0.1, 0.15) is 21.5 Å². The third kappa shape index (κ3) is 3.58. The Hall–Kier alpha value is -2.37. The lowest BCUT2D eigenvalue weighted by atomic mass is 10.1. The van der Waals surface area contributed by atoms with E-state index in [0.717, 1.165) is 11.1 Å². The highest BCUT2D eigenvalue weighted by Gasteiger charge is 2.15. The molecule has 0 unspecified atom stereocenters. The van der Waals surface area contributed by atoms with E-state index in [-0.39, 0.29) is 17.8 Å². The van der Waals surface area contributed by atoms with Gasteiger partial charge in [-0.3, -0.25) is 10.1 Å². The first kappa shape index (κ1) is 16.5. The van der Waals surface area contributed by atoms with E-state index in [2.05, 4.69) is 15.5 Å². The maximum atomic E-state index is 12.3. The Balaban J connectivity index is 1.82. The monoisotopic (exact) mass is 361 g/mol. The Morgan fingerprint density at radius 2 is 1.75 bits per heavy atom. The van der Waals surface area contributed by atoms with E-state index < -0.39 is 0 Å². The third-order valence-electron chi connectivity index (χ3n) is 3.38. The molecule has 1 amide bonds. The molecular weight excluding hydrogens is 349 g/mol. The van der Waals surface area contributed by atoms with Gasteiger partial charge >= 0.3 is 6.01 Å². The van der Waals surface area contributed by atoms with E-state index in [1.165, 1.54) is 0 Å². The highest BCUT2D eigenvalue weighted by molar-refractivity contribution is 6.35. The van der Waals surface area contributed by atoms with Crippen LogP contribution in [0.15, 0.2) is 40.8 Å². The molecule has 0 saturated carbocycles. The number of nitrogens with one attached hydrogen (secondary N) is 1. The zero-order valence-corrected chi connectivity index (χ0v) is 14.4. The minimum Gasteiger partial charge on any atom is -0.403 e. The second kappa shape index (κ2) is 6.63. The lowest BCUT2D eigenvalue weighted by Crippen LogP contribution is -2.13. The van der Waals surface area contributed by atoms with Gasteiger partial charge in [-0.25, -0.2) is 0 Å². The van der Waals surface area contributed by atoms with Gasteiger partial charge in [0.15, 0.2) is 0 Å². The van der Waals surface area contributed by atoms with Crippen LogP contribution < -0.4 is 5.32 Å². The molecule has 122 valence electrons. The number of carbonyl (C=O) groups is 1. The van der Waals surface area contributed by atoms with Gasteiger partial charge in [-0.2, -0.15) is 0 Å². The summed E-state index contributed by atoms with van der Waals surface area (Å²) in [6.07, 6.45) is 0. The molecule has 0 bridgehead atoms. The van der Waals surface area contributed by atoms with Crippen molar-refractivity contribution in [3.05, 3.63) is 63.1 Å². The molecule has 3 rings (SSSR count). The Morgan fingerprint density at radius 1 is 1.04 bits per heavy atom.